The molecule has 0 aromatic heterocycles. The van der Waals surface area contributed by atoms with Crippen LogP contribution in [0, 0.1) is 5.92 Å². The third-order valence-corrected chi connectivity index (χ3v) is 14.7. The molecule has 0 aromatic rings. The maximum Gasteiger partial charge on any atom is 0.313 e. The zero-order valence-corrected chi connectivity index (χ0v) is 19.6. The molecule has 4 heteroatoms. The summed E-state index contributed by atoms with van der Waals surface area (Å²) in [5.74, 6) is -0.0529. The molecule has 0 fully saturated rings. The second kappa shape index (κ2) is 19.7. The molecule has 0 spiro atoms. The molecule has 22 heavy (non-hydrogen) atoms. The normalized spacial score (nSPS) is 10.7. The molecule has 0 unspecified atom stereocenters. The fourth-order valence-corrected chi connectivity index (χ4v) is 13.2. The topological polar surface area (TPSA) is 37.3 Å². The standard InChI is InChI=1S/C8H17.2C4H9.C2H4O2S.Sn.H/c1-4-5-6-7-8(2)3;2*1-3-4-2;3-2(4)1-5;;/h8H,1,4-7H2,2-3H3;2*1,3-4H2,2H3;5H,1H2,(H,3,4);;. The summed E-state index contributed by atoms with van der Waals surface area (Å²) in [5, 5.41) is 7.65. The molecule has 0 aliphatic rings. The number of carbonyl (C=O) groups is 1. The van der Waals surface area contributed by atoms with E-state index < -0.39 is 25.7 Å². The minimum atomic E-state index is -1.04. The second-order valence-corrected chi connectivity index (χ2v) is 16.9. The van der Waals surface area contributed by atoms with Crippen molar-refractivity contribution in [3.05, 3.63) is 0 Å². The predicted molar refractivity (Wildman–Crippen MR) is 106 cm³/mol. The number of aliphatic carboxylic acids is 1. The molecule has 0 bridgehead atoms. The average Bonchev–Trinajstić information content (AvgIpc) is 2.49. The van der Waals surface area contributed by atoms with E-state index in [9.17, 15) is 4.79 Å². The first kappa shape index (κ1) is 24.9. The van der Waals surface area contributed by atoms with E-state index in [1.54, 1.807) is 19.7 Å². The smallest absolute Gasteiger partial charge is 0.313 e. The van der Waals surface area contributed by atoms with Crippen molar-refractivity contribution in [2.45, 2.75) is 92.4 Å². The van der Waals surface area contributed by atoms with Gasteiger partial charge in [-0.15, -0.1) is 0 Å². The Balaban J connectivity index is 0. The molecule has 1 N–H and O–H groups in total. The fourth-order valence-electron chi connectivity index (χ4n) is 2.58. The molecule has 0 amide bonds. The molecule has 0 aromatic carbocycles. The van der Waals surface area contributed by atoms with Gasteiger partial charge in [0.05, 0.1) is 5.75 Å². The van der Waals surface area contributed by atoms with Crippen LogP contribution in [0.2, 0.25) is 13.3 Å². The van der Waals surface area contributed by atoms with Crippen molar-refractivity contribution in [2.24, 2.45) is 5.92 Å². The monoisotopic (exact) mass is 440 g/mol. The van der Waals surface area contributed by atoms with E-state index in [4.69, 9.17) is 5.11 Å². The van der Waals surface area contributed by atoms with Crippen molar-refractivity contribution < 1.29 is 9.90 Å². The summed E-state index contributed by atoms with van der Waals surface area (Å²) in [4.78, 5) is 9.29. The number of carboxylic acids is 1. The summed E-state index contributed by atoms with van der Waals surface area (Å²) >= 11 is 2.38. The van der Waals surface area contributed by atoms with Gasteiger partial charge in [0.15, 0.2) is 0 Å². The Kier molecular flexibility index (Phi) is 22.2. The summed E-state index contributed by atoms with van der Waals surface area (Å²) in [5.41, 5.74) is 0. The van der Waals surface area contributed by atoms with Crippen molar-refractivity contribution in [2.75, 3.05) is 5.75 Å². The number of hydrogen-bond donors (Lipinski definition) is 2. The van der Waals surface area contributed by atoms with Crippen molar-refractivity contribution in [1.82, 2.24) is 0 Å². The Morgan fingerprint density at radius 1 is 0.955 bits per heavy atom. The van der Waals surface area contributed by atoms with Crippen LogP contribution in [0.4, 0.5) is 0 Å². The molecule has 134 valence electrons. The molecular weight excluding hydrogens is 399 g/mol. The van der Waals surface area contributed by atoms with Crippen LogP contribution in [0.25, 0.3) is 0 Å². The molecule has 2 nitrogen and oxygen atoms in total. The van der Waals surface area contributed by atoms with Gasteiger partial charge in [0.1, 0.15) is 0 Å². The van der Waals surface area contributed by atoms with Crippen LogP contribution < -0.4 is 0 Å². The first-order valence-electron chi connectivity index (χ1n) is 9.30. The van der Waals surface area contributed by atoms with Crippen molar-refractivity contribution in [1.29, 1.82) is 0 Å². The SMILES string of the molecule is CCC[CH2][SnH]([CH2]CCC)[CH2]CCCCC(C)C.O=C(O)CS. The van der Waals surface area contributed by atoms with Gasteiger partial charge in [0.2, 0.25) is 0 Å². The van der Waals surface area contributed by atoms with Gasteiger partial charge in [-0.25, -0.2) is 0 Å². The summed E-state index contributed by atoms with van der Waals surface area (Å²) in [6, 6.07) is 0. The largest absolute Gasteiger partial charge is 0.481 e. The first-order chi connectivity index (χ1) is 10.5. The molecule has 0 heterocycles. The van der Waals surface area contributed by atoms with Gasteiger partial charge in [-0.1, -0.05) is 0 Å². The number of carboxylic acid groups (broad SMARTS) is 1. The third kappa shape index (κ3) is 22.9. The van der Waals surface area contributed by atoms with Crippen molar-refractivity contribution in [3.63, 3.8) is 0 Å². The van der Waals surface area contributed by atoms with Crippen LogP contribution in [0.5, 0.6) is 0 Å². The fraction of sp³-hybridized carbons (Fsp3) is 0.944. The van der Waals surface area contributed by atoms with Crippen LogP contribution in [0.3, 0.4) is 0 Å². The van der Waals surface area contributed by atoms with E-state index in [0.717, 1.165) is 5.92 Å². The van der Waals surface area contributed by atoms with E-state index >= 15 is 0 Å². The minimum Gasteiger partial charge on any atom is -0.481 e. The average molecular weight is 439 g/mol. The maximum atomic E-state index is 9.29. The molecule has 0 radical (unpaired) electrons. The Hall–Kier alpha value is 0.619. The molecule has 0 saturated carbocycles. The summed E-state index contributed by atoms with van der Waals surface area (Å²) in [6.45, 7) is 9.41. The number of thiol groups is 1. The van der Waals surface area contributed by atoms with E-state index in [2.05, 4.69) is 40.3 Å². The molecule has 0 atom stereocenters. The Labute approximate surface area is 152 Å². The molecular formula is C18H40O2SSn. The van der Waals surface area contributed by atoms with Gasteiger partial charge in [-0.3, -0.25) is 4.79 Å². The number of hydrogen-bond acceptors (Lipinski definition) is 2. The first-order valence-corrected chi connectivity index (χ1v) is 16.9. The summed E-state index contributed by atoms with van der Waals surface area (Å²) < 4.78 is 5.10. The van der Waals surface area contributed by atoms with E-state index in [-0.39, 0.29) is 5.75 Å². The van der Waals surface area contributed by atoms with Crippen molar-refractivity contribution >= 4 is 38.4 Å². The minimum absolute atomic E-state index is 0.0833. The van der Waals surface area contributed by atoms with Gasteiger partial charge < -0.3 is 5.11 Å². The van der Waals surface area contributed by atoms with Crippen molar-refractivity contribution in [3.8, 4) is 0 Å². The van der Waals surface area contributed by atoms with Crippen LogP contribution >= 0.6 is 12.6 Å². The van der Waals surface area contributed by atoms with Gasteiger partial charge in [0, 0.05) is 0 Å². The zero-order valence-electron chi connectivity index (χ0n) is 15.4. The van der Waals surface area contributed by atoms with Crippen LogP contribution in [0.1, 0.15) is 79.1 Å². The quantitative estimate of drug-likeness (QED) is 0.209. The maximum absolute atomic E-state index is 9.29. The number of unbranched alkanes of at least 4 members (excludes halogenated alkanes) is 4. The van der Waals surface area contributed by atoms with Crippen LogP contribution in [-0.2, 0) is 4.79 Å². The van der Waals surface area contributed by atoms with Crippen LogP contribution in [0.15, 0.2) is 0 Å². The van der Waals surface area contributed by atoms with Gasteiger partial charge in [0.25, 0.3) is 0 Å². The van der Waals surface area contributed by atoms with E-state index in [0.29, 0.717) is 0 Å². The number of rotatable bonds is 13. The summed E-state index contributed by atoms with van der Waals surface area (Å²) in [6.07, 6.45) is 11.9. The Morgan fingerprint density at radius 3 is 1.77 bits per heavy atom. The second-order valence-electron chi connectivity index (χ2n) is 6.73. The van der Waals surface area contributed by atoms with Crippen LogP contribution in [-0.4, -0.2) is 36.6 Å². The predicted octanol–water partition coefficient (Wildman–Crippen LogP) is 6.03. The molecule has 0 saturated heterocycles. The Bertz CT molecular complexity index is 227. The Morgan fingerprint density at radius 2 is 1.41 bits per heavy atom. The molecule has 0 aliphatic heterocycles. The molecule has 0 rings (SSSR count). The zero-order chi connectivity index (χ0) is 17.2. The summed E-state index contributed by atoms with van der Waals surface area (Å²) in [7, 11) is 0. The third-order valence-electron chi connectivity index (χ3n) is 3.96. The van der Waals surface area contributed by atoms with Gasteiger partial charge in [-0.05, 0) is 0 Å². The van der Waals surface area contributed by atoms with Gasteiger partial charge >= 0.3 is 124 Å². The van der Waals surface area contributed by atoms with E-state index in [1.165, 1.54) is 44.9 Å². The van der Waals surface area contributed by atoms with Gasteiger partial charge in [-0.2, -0.15) is 12.6 Å². The molecule has 0 aliphatic carbocycles. The van der Waals surface area contributed by atoms with E-state index in [1.807, 2.05) is 0 Å².